The van der Waals surface area contributed by atoms with Gasteiger partial charge in [0, 0.05) is 11.8 Å². The molecule has 12 heavy (non-hydrogen) atoms. The van der Waals surface area contributed by atoms with E-state index in [-0.39, 0.29) is 11.8 Å². The first-order chi connectivity index (χ1) is 5.68. The monoisotopic (exact) mass is 183 g/mol. The molecule has 3 heteroatoms. The molecule has 0 aromatic carbocycles. The second-order valence-electron chi connectivity index (χ2n) is 3.65. The van der Waals surface area contributed by atoms with Crippen LogP contribution in [0, 0.1) is 11.8 Å². The molecule has 2 rings (SSSR count). The van der Waals surface area contributed by atoms with E-state index in [0.717, 1.165) is 6.54 Å². The van der Waals surface area contributed by atoms with Crippen molar-refractivity contribution in [3.63, 3.8) is 0 Å². The molecule has 66 valence electrons. The van der Waals surface area contributed by atoms with Gasteiger partial charge in [-0.1, -0.05) is 19.9 Å². The van der Waals surface area contributed by atoms with E-state index in [4.69, 9.17) is 0 Å². The van der Waals surface area contributed by atoms with E-state index in [1.165, 1.54) is 4.91 Å². The number of carbonyl (C=O) groups is 1. The first kappa shape index (κ1) is 8.17. The van der Waals surface area contributed by atoms with Crippen LogP contribution in [-0.4, -0.2) is 17.7 Å². The summed E-state index contributed by atoms with van der Waals surface area (Å²) in [6.45, 7) is 5.20. The summed E-state index contributed by atoms with van der Waals surface area (Å²) < 4.78 is 0. The summed E-state index contributed by atoms with van der Waals surface area (Å²) in [6.07, 6.45) is 2.14. The van der Waals surface area contributed by atoms with Crippen molar-refractivity contribution in [3.8, 4) is 0 Å². The van der Waals surface area contributed by atoms with Gasteiger partial charge in [-0.3, -0.25) is 4.79 Å². The maximum atomic E-state index is 11.3. The average Bonchev–Trinajstić information content (AvgIpc) is 2.53. The van der Waals surface area contributed by atoms with Gasteiger partial charge in [-0.05, 0) is 10.8 Å². The van der Waals surface area contributed by atoms with Crippen molar-refractivity contribution < 1.29 is 4.79 Å². The highest BCUT2D eigenvalue weighted by Crippen LogP contribution is 2.42. The minimum absolute atomic E-state index is 0.160. The Hall–Kier alpha value is -0.440. The van der Waals surface area contributed by atoms with Gasteiger partial charge in [-0.25, -0.2) is 0 Å². The van der Waals surface area contributed by atoms with E-state index >= 15 is 0 Å². The fourth-order valence-electron chi connectivity index (χ4n) is 1.63. The number of rotatable bonds is 1. The molecular formula is C9H13NOS. The maximum absolute atomic E-state index is 11.3. The van der Waals surface area contributed by atoms with Gasteiger partial charge in [0.05, 0.1) is 5.92 Å². The standard InChI is InChI=1S/C9H13NOS/c1-5(2)7-3-6-8(12-7)4-10-9(6)11/h3,5-6,8H,4H2,1-2H3,(H,10,11). The normalized spacial score (nSPS) is 33.6. The van der Waals surface area contributed by atoms with Crippen molar-refractivity contribution in [2.24, 2.45) is 11.8 Å². The van der Waals surface area contributed by atoms with Gasteiger partial charge in [0.25, 0.3) is 0 Å². The van der Waals surface area contributed by atoms with Crippen molar-refractivity contribution in [2.75, 3.05) is 6.54 Å². The van der Waals surface area contributed by atoms with E-state index in [1.54, 1.807) is 0 Å². The van der Waals surface area contributed by atoms with Crippen LogP contribution in [0.4, 0.5) is 0 Å². The van der Waals surface area contributed by atoms with Gasteiger partial charge in [0.1, 0.15) is 0 Å². The molecule has 0 saturated carbocycles. The van der Waals surface area contributed by atoms with Gasteiger partial charge in [0.2, 0.25) is 5.91 Å². The average molecular weight is 183 g/mol. The zero-order chi connectivity index (χ0) is 8.72. The Labute approximate surface area is 76.8 Å². The smallest absolute Gasteiger partial charge is 0.228 e. The van der Waals surface area contributed by atoms with Crippen LogP contribution in [0.15, 0.2) is 11.0 Å². The molecule has 1 amide bonds. The van der Waals surface area contributed by atoms with E-state index in [2.05, 4.69) is 25.2 Å². The predicted octanol–water partition coefficient (Wildman–Crippen LogP) is 1.39. The molecule has 1 N–H and O–H groups in total. The molecule has 2 aliphatic heterocycles. The zero-order valence-corrected chi connectivity index (χ0v) is 8.15. The van der Waals surface area contributed by atoms with E-state index in [1.807, 2.05) is 11.8 Å². The van der Waals surface area contributed by atoms with Crippen molar-refractivity contribution in [1.29, 1.82) is 0 Å². The van der Waals surface area contributed by atoms with Gasteiger partial charge in [0.15, 0.2) is 0 Å². The third-order valence-electron chi connectivity index (χ3n) is 2.38. The third-order valence-corrected chi connectivity index (χ3v) is 4.02. The van der Waals surface area contributed by atoms with Crippen LogP contribution in [-0.2, 0) is 4.79 Å². The number of nitrogens with one attached hydrogen (secondary N) is 1. The summed E-state index contributed by atoms with van der Waals surface area (Å²) >= 11 is 1.87. The van der Waals surface area contributed by atoms with Crippen LogP contribution in [0.25, 0.3) is 0 Å². The molecule has 1 fully saturated rings. The lowest BCUT2D eigenvalue weighted by Crippen LogP contribution is -2.17. The SMILES string of the molecule is CC(C)C1=CC2C(=O)NCC2S1. The van der Waals surface area contributed by atoms with Crippen LogP contribution in [0.2, 0.25) is 0 Å². The highest BCUT2D eigenvalue weighted by Gasteiger charge is 2.38. The Morgan fingerprint density at radius 2 is 2.42 bits per heavy atom. The van der Waals surface area contributed by atoms with Crippen molar-refractivity contribution in [2.45, 2.75) is 19.1 Å². The Bertz CT molecular complexity index is 247. The fraction of sp³-hybridized carbons (Fsp3) is 0.667. The van der Waals surface area contributed by atoms with E-state index in [0.29, 0.717) is 11.2 Å². The lowest BCUT2D eigenvalue weighted by atomic mass is 10.1. The maximum Gasteiger partial charge on any atom is 0.228 e. The number of carbonyl (C=O) groups excluding carboxylic acids is 1. The molecule has 2 heterocycles. The molecule has 0 aromatic rings. The van der Waals surface area contributed by atoms with Crippen molar-refractivity contribution >= 4 is 17.7 Å². The Kier molecular flexibility index (Phi) is 1.91. The second-order valence-corrected chi connectivity index (χ2v) is 4.96. The molecular weight excluding hydrogens is 170 g/mol. The first-order valence-corrected chi connectivity index (χ1v) is 5.22. The molecule has 0 radical (unpaired) electrons. The minimum Gasteiger partial charge on any atom is -0.354 e. The molecule has 0 aromatic heterocycles. The van der Waals surface area contributed by atoms with E-state index in [9.17, 15) is 4.79 Å². The van der Waals surface area contributed by atoms with Gasteiger partial charge in [-0.15, -0.1) is 11.8 Å². The summed E-state index contributed by atoms with van der Waals surface area (Å²) in [6, 6.07) is 0. The van der Waals surface area contributed by atoms with Crippen molar-refractivity contribution in [3.05, 3.63) is 11.0 Å². The number of hydrogen-bond donors (Lipinski definition) is 1. The Morgan fingerprint density at radius 3 is 3.00 bits per heavy atom. The Balaban J connectivity index is 2.16. The van der Waals surface area contributed by atoms with Gasteiger partial charge < -0.3 is 5.32 Å². The topological polar surface area (TPSA) is 29.1 Å². The molecule has 2 aliphatic rings. The minimum atomic E-state index is 0.160. The van der Waals surface area contributed by atoms with E-state index < -0.39 is 0 Å². The summed E-state index contributed by atoms with van der Waals surface area (Å²) in [5.41, 5.74) is 0. The fourth-order valence-corrected chi connectivity index (χ4v) is 2.99. The quantitative estimate of drug-likeness (QED) is 0.665. The second kappa shape index (κ2) is 2.80. The molecule has 0 bridgehead atoms. The lowest BCUT2D eigenvalue weighted by Gasteiger charge is -2.07. The zero-order valence-electron chi connectivity index (χ0n) is 7.33. The number of thioether (sulfide) groups is 1. The van der Waals surface area contributed by atoms with Gasteiger partial charge >= 0.3 is 0 Å². The van der Waals surface area contributed by atoms with Crippen LogP contribution >= 0.6 is 11.8 Å². The Morgan fingerprint density at radius 1 is 1.67 bits per heavy atom. The first-order valence-electron chi connectivity index (χ1n) is 4.34. The molecule has 2 nitrogen and oxygen atoms in total. The number of allylic oxidation sites excluding steroid dienone is 1. The highest BCUT2D eigenvalue weighted by atomic mass is 32.2. The number of fused-ring (bicyclic) bond motifs is 1. The predicted molar refractivity (Wildman–Crippen MR) is 50.8 cm³/mol. The molecule has 0 aliphatic carbocycles. The third kappa shape index (κ3) is 1.16. The molecule has 2 atom stereocenters. The highest BCUT2D eigenvalue weighted by molar-refractivity contribution is 8.04. The number of amides is 1. The van der Waals surface area contributed by atoms with Crippen molar-refractivity contribution in [1.82, 2.24) is 5.32 Å². The summed E-state index contributed by atoms with van der Waals surface area (Å²) in [7, 11) is 0. The van der Waals surface area contributed by atoms with Gasteiger partial charge in [-0.2, -0.15) is 0 Å². The summed E-state index contributed by atoms with van der Waals surface area (Å²) in [5, 5.41) is 3.36. The van der Waals surface area contributed by atoms with Crippen LogP contribution in [0.3, 0.4) is 0 Å². The largest absolute Gasteiger partial charge is 0.354 e. The lowest BCUT2D eigenvalue weighted by molar-refractivity contribution is -0.121. The molecule has 1 saturated heterocycles. The summed E-state index contributed by atoms with van der Waals surface area (Å²) in [4.78, 5) is 12.6. The summed E-state index contributed by atoms with van der Waals surface area (Å²) in [5.74, 6) is 0.948. The molecule has 2 unspecified atom stereocenters. The van der Waals surface area contributed by atoms with Crippen LogP contribution in [0.1, 0.15) is 13.8 Å². The number of hydrogen-bond acceptors (Lipinski definition) is 2. The van der Waals surface area contributed by atoms with Crippen LogP contribution in [0.5, 0.6) is 0 Å². The van der Waals surface area contributed by atoms with Crippen LogP contribution < -0.4 is 5.32 Å². The molecule has 0 spiro atoms.